The first-order valence-electron chi connectivity index (χ1n) is 10.5. The van der Waals surface area contributed by atoms with Crippen molar-refractivity contribution in [1.29, 1.82) is 0 Å². The van der Waals surface area contributed by atoms with Gasteiger partial charge in [0.1, 0.15) is 0 Å². The van der Waals surface area contributed by atoms with Crippen molar-refractivity contribution in [1.82, 2.24) is 9.62 Å². The Kier molecular flexibility index (Phi) is 6.19. The van der Waals surface area contributed by atoms with Crippen molar-refractivity contribution < 1.29 is 13.2 Å². The summed E-state index contributed by atoms with van der Waals surface area (Å²) in [6, 6.07) is 16.6. The number of nitrogens with zero attached hydrogens (tertiary/aromatic N) is 1. The van der Waals surface area contributed by atoms with Crippen molar-refractivity contribution in [3.63, 3.8) is 0 Å². The zero-order chi connectivity index (χ0) is 21.2. The number of nitrogens with one attached hydrogen (secondary N) is 1. The lowest BCUT2D eigenvalue weighted by Crippen LogP contribution is -2.48. The molecule has 5 nitrogen and oxygen atoms in total. The van der Waals surface area contributed by atoms with Crippen LogP contribution in [0.1, 0.15) is 37.7 Å². The van der Waals surface area contributed by atoms with E-state index in [1.807, 2.05) is 18.2 Å². The quantitative estimate of drug-likeness (QED) is 0.729. The molecule has 7 heteroatoms. The fraction of sp³-hybridized carbons (Fsp3) is 0.435. The molecule has 30 heavy (non-hydrogen) atoms. The molecule has 0 unspecified atom stereocenters. The average molecular weight is 447 g/mol. The van der Waals surface area contributed by atoms with E-state index in [2.05, 4.69) is 17.4 Å². The fourth-order valence-corrected chi connectivity index (χ4v) is 6.07. The van der Waals surface area contributed by atoms with Crippen LogP contribution in [0.3, 0.4) is 0 Å². The van der Waals surface area contributed by atoms with Gasteiger partial charge >= 0.3 is 0 Å². The van der Waals surface area contributed by atoms with E-state index in [9.17, 15) is 13.2 Å². The van der Waals surface area contributed by atoms with Crippen LogP contribution in [0.4, 0.5) is 0 Å². The van der Waals surface area contributed by atoms with Crippen LogP contribution in [-0.2, 0) is 20.2 Å². The topological polar surface area (TPSA) is 66.5 Å². The lowest BCUT2D eigenvalue weighted by molar-refractivity contribution is -0.126. The second-order valence-corrected chi connectivity index (χ2v) is 10.7. The average Bonchev–Trinajstić information content (AvgIpc) is 2.74. The number of hydrogen-bond acceptors (Lipinski definition) is 3. The Balaban J connectivity index is 1.33. The van der Waals surface area contributed by atoms with Crippen molar-refractivity contribution in [3.05, 3.63) is 65.2 Å². The summed E-state index contributed by atoms with van der Waals surface area (Å²) in [5.41, 5.74) is 1.34. The van der Waals surface area contributed by atoms with Crippen molar-refractivity contribution in [2.24, 2.45) is 5.92 Å². The number of piperidine rings is 1. The molecular weight excluding hydrogens is 420 g/mol. The number of rotatable bonds is 6. The van der Waals surface area contributed by atoms with Crippen molar-refractivity contribution >= 4 is 27.5 Å². The van der Waals surface area contributed by atoms with Gasteiger partial charge in [-0.25, -0.2) is 8.42 Å². The molecule has 0 aromatic heterocycles. The zero-order valence-corrected chi connectivity index (χ0v) is 18.5. The zero-order valence-electron chi connectivity index (χ0n) is 16.9. The number of sulfonamides is 1. The molecule has 0 bridgehead atoms. The van der Waals surface area contributed by atoms with E-state index < -0.39 is 10.0 Å². The molecule has 2 aliphatic rings. The monoisotopic (exact) mass is 446 g/mol. The molecule has 4 rings (SSSR count). The fourth-order valence-electron chi connectivity index (χ4n) is 4.48. The highest BCUT2D eigenvalue weighted by molar-refractivity contribution is 7.89. The normalized spacial score (nSPS) is 19.8. The van der Waals surface area contributed by atoms with Gasteiger partial charge in [0.15, 0.2) is 0 Å². The highest BCUT2D eigenvalue weighted by Gasteiger charge is 2.39. The van der Waals surface area contributed by atoms with Crippen LogP contribution in [0, 0.1) is 5.92 Å². The number of amides is 1. The van der Waals surface area contributed by atoms with E-state index in [-0.39, 0.29) is 22.1 Å². The van der Waals surface area contributed by atoms with Crippen LogP contribution in [0.25, 0.3) is 0 Å². The maximum atomic E-state index is 12.8. The summed E-state index contributed by atoms with van der Waals surface area (Å²) in [4.78, 5) is 13.0. The van der Waals surface area contributed by atoms with Gasteiger partial charge < -0.3 is 5.32 Å². The first kappa shape index (κ1) is 21.3. The summed E-state index contributed by atoms with van der Waals surface area (Å²) in [6.45, 7) is 1.36. The number of hydrogen-bond donors (Lipinski definition) is 1. The Morgan fingerprint density at radius 3 is 2.23 bits per heavy atom. The molecule has 1 aliphatic carbocycles. The summed E-state index contributed by atoms with van der Waals surface area (Å²) >= 11 is 5.86. The predicted molar refractivity (Wildman–Crippen MR) is 118 cm³/mol. The van der Waals surface area contributed by atoms with Gasteiger partial charge in [-0.1, -0.05) is 48.4 Å². The van der Waals surface area contributed by atoms with Crippen LogP contribution in [0.5, 0.6) is 0 Å². The largest absolute Gasteiger partial charge is 0.355 e. The summed E-state index contributed by atoms with van der Waals surface area (Å²) in [6.07, 6.45) is 4.45. The van der Waals surface area contributed by atoms with Gasteiger partial charge in [0.2, 0.25) is 15.9 Å². The van der Waals surface area contributed by atoms with E-state index >= 15 is 0 Å². The molecule has 2 aromatic rings. The SMILES string of the molecule is O=C(NCC1(c2ccccc2)CCC1)C1CCN(S(=O)(=O)c2ccc(Cl)cc2)CC1. The minimum absolute atomic E-state index is 0.0424. The van der Waals surface area contributed by atoms with Crippen LogP contribution in [0.15, 0.2) is 59.5 Å². The van der Waals surface area contributed by atoms with Crippen LogP contribution < -0.4 is 5.32 Å². The van der Waals surface area contributed by atoms with E-state index in [1.165, 1.54) is 28.4 Å². The lowest BCUT2D eigenvalue weighted by Gasteiger charge is -2.43. The third kappa shape index (κ3) is 4.27. The second kappa shape index (κ2) is 8.69. The van der Waals surface area contributed by atoms with Gasteiger partial charge in [0.25, 0.3) is 0 Å². The van der Waals surface area contributed by atoms with Crippen molar-refractivity contribution in [2.75, 3.05) is 19.6 Å². The smallest absolute Gasteiger partial charge is 0.243 e. The Hall–Kier alpha value is -1.89. The van der Waals surface area contributed by atoms with Gasteiger partial charge in [-0.3, -0.25) is 4.79 Å². The molecule has 0 spiro atoms. The van der Waals surface area contributed by atoms with E-state index in [0.29, 0.717) is 37.5 Å². The number of benzene rings is 2. The molecule has 2 fully saturated rings. The maximum absolute atomic E-state index is 12.8. The summed E-state index contributed by atoms with van der Waals surface area (Å²) in [5.74, 6) is -0.102. The van der Waals surface area contributed by atoms with Gasteiger partial charge in [0, 0.05) is 36.0 Å². The molecule has 0 atom stereocenters. The Morgan fingerprint density at radius 2 is 1.67 bits per heavy atom. The minimum atomic E-state index is -3.55. The summed E-state index contributed by atoms with van der Waals surface area (Å²) in [7, 11) is -3.55. The Bertz CT molecular complexity index is 981. The molecule has 1 saturated carbocycles. The summed E-state index contributed by atoms with van der Waals surface area (Å²) < 4.78 is 27.1. The molecule has 160 valence electrons. The van der Waals surface area contributed by atoms with Gasteiger partial charge in [-0.05, 0) is 55.5 Å². The van der Waals surface area contributed by atoms with E-state index in [1.54, 1.807) is 12.1 Å². The number of carbonyl (C=O) groups excluding carboxylic acids is 1. The van der Waals surface area contributed by atoms with Gasteiger partial charge in [-0.2, -0.15) is 4.31 Å². The first-order chi connectivity index (χ1) is 14.4. The second-order valence-electron chi connectivity index (χ2n) is 8.35. The Morgan fingerprint density at radius 1 is 1.03 bits per heavy atom. The summed E-state index contributed by atoms with van der Waals surface area (Å²) in [5, 5.41) is 3.67. The van der Waals surface area contributed by atoms with Crippen LogP contribution >= 0.6 is 11.6 Å². The lowest BCUT2D eigenvalue weighted by atomic mass is 9.64. The molecule has 1 aliphatic heterocycles. The molecule has 1 heterocycles. The predicted octanol–water partition coefficient (Wildman–Crippen LogP) is 3.98. The molecule has 0 radical (unpaired) electrons. The van der Waals surface area contributed by atoms with Crippen LogP contribution in [0.2, 0.25) is 5.02 Å². The number of halogens is 1. The molecule has 2 aromatic carbocycles. The molecule has 1 saturated heterocycles. The van der Waals surface area contributed by atoms with E-state index in [4.69, 9.17) is 11.6 Å². The van der Waals surface area contributed by atoms with Gasteiger partial charge in [0.05, 0.1) is 4.90 Å². The molecule has 1 amide bonds. The molecule has 1 N–H and O–H groups in total. The molecular formula is C23H27ClN2O3S. The van der Waals surface area contributed by atoms with Crippen molar-refractivity contribution in [3.8, 4) is 0 Å². The van der Waals surface area contributed by atoms with Crippen LogP contribution in [-0.4, -0.2) is 38.3 Å². The van der Waals surface area contributed by atoms with Gasteiger partial charge in [-0.15, -0.1) is 0 Å². The highest BCUT2D eigenvalue weighted by Crippen LogP contribution is 2.43. The highest BCUT2D eigenvalue weighted by atomic mass is 35.5. The van der Waals surface area contributed by atoms with E-state index in [0.717, 1.165) is 12.8 Å². The Labute approximate surface area is 183 Å². The van der Waals surface area contributed by atoms with Crippen molar-refractivity contribution in [2.45, 2.75) is 42.4 Å². The maximum Gasteiger partial charge on any atom is 0.243 e. The minimum Gasteiger partial charge on any atom is -0.355 e. The first-order valence-corrected chi connectivity index (χ1v) is 12.3. The number of carbonyl (C=O) groups is 1. The third-order valence-electron chi connectivity index (χ3n) is 6.57. The standard InChI is InChI=1S/C23H27ClN2O3S/c24-20-7-9-21(10-8-20)30(28,29)26-15-11-18(12-16-26)22(27)25-17-23(13-4-14-23)19-5-2-1-3-6-19/h1-3,5-10,18H,4,11-17H2,(H,25,27). The third-order valence-corrected chi connectivity index (χ3v) is 8.74.